The van der Waals surface area contributed by atoms with Crippen LogP contribution in [0.1, 0.15) is 12.5 Å². The lowest BCUT2D eigenvalue weighted by molar-refractivity contribution is 0.180. The Kier molecular flexibility index (Phi) is 6.59. The summed E-state index contributed by atoms with van der Waals surface area (Å²) in [6, 6.07) is 18.4. The molecule has 2 aromatic carbocycles. The standard InChI is InChI=1S/C24H28ClN5O/c1-18-15-30(13-12-29(18)16-19-4-8-21(9-5-19)28(2)3)23-14-24(27-17-26-23)31-22-10-6-20(25)7-11-22/h4-11,14,17-18H,12-13,15-16H2,1-3H3. The molecule has 0 spiro atoms. The largest absolute Gasteiger partial charge is 0.439 e. The molecule has 0 aliphatic carbocycles. The summed E-state index contributed by atoms with van der Waals surface area (Å²) in [5, 5.41) is 0.677. The Hall–Kier alpha value is -2.83. The van der Waals surface area contributed by atoms with E-state index < -0.39 is 0 Å². The van der Waals surface area contributed by atoms with Crippen LogP contribution in [0, 0.1) is 0 Å². The Morgan fingerprint density at radius 1 is 1.03 bits per heavy atom. The van der Waals surface area contributed by atoms with Crippen molar-refractivity contribution in [1.29, 1.82) is 0 Å². The lowest BCUT2D eigenvalue weighted by atomic mass is 10.1. The number of piperazine rings is 1. The molecule has 0 N–H and O–H groups in total. The van der Waals surface area contributed by atoms with Crippen LogP contribution in [0.3, 0.4) is 0 Å². The van der Waals surface area contributed by atoms with E-state index in [-0.39, 0.29) is 0 Å². The number of aromatic nitrogens is 2. The van der Waals surface area contributed by atoms with Gasteiger partial charge in [0.1, 0.15) is 17.9 Å². The van der Waals surface area contributed by atoms with Crippen molar-refractivity contribution in [3.8, 4) is 11.6 Å². The van der Waals surface area contributed by atoms with Crippen LogP contribution in [-0.4, -0.2) is 54.6 Å². The van der Waals surface area contributed by atoms with Crippen molar-refractivity contribution in [3.63, 3.8) is 0 Å². The van der Waals surface area contributed by atoms with Crippen molar-refractivity contribution in [2.45, 2.75) is 19.5 Å². The Bertz CT molecular complexity index is 994. The molecule has 31 heavy (non-hydrogen) atoms. The first-order valence-electron chi connectivity index (χ1n) is 10.5. The second-order valence-corrected chi connectivity index (χ2v) is 8.53. The van der Waals surface area contributed by atoms with Crippen LogP contribution in [-0.2, 0) is 6.54 Å². The predicted molar refractivity (Wildman–Crippen MR) is 126 cm³/mol. The molecule has 1 aromatic heterocycles. The highest BCUT2D eigenvalue weighted by atomic mass is 35.5. The molecule has 0 radical (unpaired) electrons. The van der Waals surface area contributed by atoms with Crippen LogP contribution < -0.4 is 14.5 Å². The molecule has 1 aliphatic heterocycles. The molecule has 1 unspecified atom stereocenters. The fourth-order valence-electron chi connectivity index (χ4n) is 3.75. The van der Waals surface area contributed by atoms with Gasteiger partial charge in [-0.1, -0.05) is 23.7 Å². The van der Waals surface area contributed by atoms with E-state index in [4.69, 9.17) is 16.3 Å². The molecule has 1 fully saturated rings. The summed E-state index contributed by atoms with van der Waals surface area (Å²) in [7, 11) is 4.13. The van der Waals surface area contributed by atoms with Gasteiger partial charge in [-0.15, -0.1) is 0 Å². The Labute approximate surface area is 189 Å². The van der Waals surface area contributed by atoms with E-state index in [1.54, 1.807) is 18.5 Å². The number of benzene rings is 2. The normalized spacial score (nSPS) is 16.9. The fourth-order valence-corrected chi connectivity index (χ4v) is 3.88. The van der Waals surface area contributed by atoms with Gasteiger partial charge >= 0.3 is 0 Å². The lowest BCUT2D eigenvalue weighted by Crippen LogP contribution is -2.51. The first-order valence-corrected chi connectivity index (χ1v) is 10.9. The average Bonchev–Trinajstić information content (AvgIpc) is 2.77. The summed E-state index contributed by atoms with van der Waals surface area (Å²) in [6.45, 7) is 6.03. The van der Waals surface area contributed by atoms with Gasteiger partial charge in [-0.2, -0.15) is 0 Å². The summed E-state index contributed by atoms with van der Waals surface area (Å²) >= 11 is 5.94. The fraction of sp³-hybridized carbons (Fsp3) is 0.333. The van der Waals surface area contributed by atoms with E-state index in [1.165, 1.54) is 11.3 Å². The highest BCUT2D eigenvalue weighted by Crippen LogP contribution is 2.25. The average molecular weight is 438 g/mol. The molecule has 0 bridgehead atoms. The van der Waals surface area contributed by atoms with Gasteiger partial charge in [0.2, 0.25) is 5.88 Å². The first kappa shape index (κ1) is 21.4. The maximum Gasteiger partial charge on any atom is 0.224 e. The van der Waals surface area contributed by atoms with Gasteiger partial charge in [-0.3, -0.25) is 4.90 Å². The smallest absolute Gasteiger partial charge is 0.224 e. The summed E-state index contributed by atoms with van der Waals surface area (Å²) in [5.41, 5.74) is 2.56. The van der Waals surface area contributed by atoms with Crippen LogP contribution in [0.15, 0.2) is 60.9 Å². The molecule has 1 aliphatic rings. The van der Waals surface area contributed by atoms with Crippen molar-refractivity contribution >= 4 is 23.1 Å². The number of hydrogen-bond acceptors (Lipinski definition) is 6. The summed E-state index contributed by atoms with van der Waals surface area (Å²) < 4.78 is 5.87. The predicted octanol–water partition coefficient (Wildman–Crippen LogP) is 4.70. The van der Waals surface area contributed by atoms with Crippen LogP contribution in [0.5, 0.6) is 11.6 Å². The van der Waals surface area contributed by atoms with Gasteiger partial charge in [-0.25, -0.2) is 9.97 Å². The van der Waals surface area contributed by atoms with Gasteiger partial charge < -0.3 is 14.5 Å². The molecule has 6 nitrogen and oxygen atoms in total. The van der Waals surface area contributed by atoms with Crippen molar-refractivity contribution in [1.82, 2.24) is 14.9 Å². The summed E-state index contributed by atoms with van der Waals surface area (Å²) in [4.78, 5) is 15.7. The number of anilines is 2. The second kappa shape index (κ2) is 9.54. The van der Waals surface area contributed by atoms with Gasteiger partial charge in [0.05, 0.1) is 0 Å². The maximum absolute atomic E-state index is 5.94. The molecule has 4 rings (SSSR count). The molecule has 1 saturated heterocycles. The van der Waals surface area contributed by atoms with Gasteiger partial charge in [0.25, 0.3) is 0 Å². The second-order valence-electron chi connectivity index (χ2n) is 8.10. The first-order chi connectivity index (χ1) is 15.0. The molecule has 0 amide bonds. The monoisotopic (exact) mass is 437 g/mol. The lowest BCUT2D eigenvalue weighted by Gasteiger charge is -2.40. The van der Waals surface area contributed by atoms with Crippen LogP contribution in [0.4, 0.5) is 11.5 Å². The molecular formula is C24H28ClN5O. The number of hydrogen-bond donors (Lipinski definition) is 0. The van der Waals surface area contributed by atoms with E-state index in [0.717, 1.165) is 32.0 Å². The number of ether oxygens (including phenoxy) is 1. The maximum atomic E-state index is 5.94. The minimum absolute atomic E-state index is 0.415. The van der Waals surface area contributed by atoms with E-state index in [0.29, 0.717) is 22.7 Å². The third-order valence-corrected chi connectivity index (χ3v) is 5.84. The molecule has 7 heteroatoms. The number of nitrogens with zero attached hydrogens (tertiary/aromatic N) is 5. The zero-order valence-electron chi connectivity index (χ0n) is 18.2. The van der Waals surface area contributed by atoms with Crippen LogP contribution >= 0.6 is 11.6 Å². The van der Waals surface area contributed by atoms with E-state index in [9.17, 15) is 0 Å². The molecule has 0 saturated carbocycles. The SMILES string of the molecule is CC1CN(c2cc(Oc3ccc(Cl)cc3)ncn2)CCN1Cc1ccc(N(C)C)cc1. The van der Waals surface area contributed by atoms with Crippen LogP contribution in [0.2, 0.25) is 5.02 Å². The third-order valence-electron chi connectivity index (χ3n) is 5.59. The summed E-state index contributed by atoms with van der Waals surface area (Å²) in [6.07, 6.45) is 1.56. The Morgan fingerprint density at radius 3 is 2.45 bits per heavy atom. The van der Waals surface area contributed by atoms with E-state index >= 15 is 0 Å². The van der Waals surface area contributed by atoms with Crippen molar-refractivity contribution in [2.24, 2.45) is 0 Å². The van der Waals surface area contributed by atoms with Gasteiger partial charge in [0.15, 0.2) is 0 Å². The van der Waals surface area contributed by atoms with E-state index in [2.05, 4.69) is 70.0 Å². The molecular weight excluding hydrogens is 410 g/mol. The van der Waals surface area contributed by atoms with E-state index in [1.807, 2.05) is 18.2 Å². The Morgan fingerprint density at radius 2 is 1.77 bits per heavy atom. The highest BCUT2D eigenvalue weighted by molar-refractivity contribution is 6.30. The van der Waals surface area contributed by atoms with Gasteiger partial charge in [-0.05, 0) is 48.9 Å². The zero-order valence-corrected chi connectivity index (χ0v) is 19.0. The quantitative estimate of drug-likeness (QED) is 0.557. The molecule has 2 heterocycles. The minimum Gasteiger partial charge on any atom is -0.439 e. The molecule has 3 aromatic rings. The van der Waals surface area contributed by atoms with Gasteiger partial charge in [0, 0.05) is 63.1 Å². The number of rotatable bonds is 6. The minimum atomic E-state index is 0.415. The van der Waals surface area contributed by atoms with Crippen molar-refractivity contribution in [2.75, 3.05) is 43.5 Å². The third kappa shape index (κ3) is 5.46. The van der Waals surface area contributed by atoms with Crippen LogP contribution in [0.25, 0.3) is 0 Å². The molecule has 162 valence electrons. The number of halogens is 1. The zero-order chi connectivity index (χ0) is 21.8. The van der Waals surface area contributed by atoms with Crippen molar-refractivity contribution < 1.29 is 4.74 Å². The Balaban J connectivity index is 1.37. The molecule has 1 atom stereocenters. The highest BCUT2D eigenvalue weighted by Gasteiger charge is 2.25. The summed E-state index contributed by atoms with van der Waals surface area (Å²) in [5.74, 6) is 2.12. The topological polar surface area (TPSA) is 44.7 Å². The van der Waals surface area contributed by atoms with Crippen molar-refractivity contribution in [3.05, 3.63) is 71.5 Å².